The van der Waals surface area contributed by atoms with Crippen LogP contribution in [0, 0.1) is 0 Å². The van der Waals surface area contributed by atoms with Crippen LogP contribution in [0.1, 0.15) is 51.2 Å². The third-order valence-corrected chi connectivity index (χ3v) is 3.60. The summed E-state index contributed by atoms with van der Waals surface area (Å²) >= 11 is 0. The second-order valence-corrected chi connectivity index (χ2v) is 5.66. The Kier molecular flexibility index (Phi) is 5.62. The molecule has 1 aromatic rings. The van der Waals surface area contributed by atoms with Gasteiger partial charge in [-0.15, -0.1) is 0 Å². The Morgan fingerprint density at radius 3 is 2.81 bits per heavy atom. The maximum atomic E-state index is 11.8. The van der Waals surface area contributed by atoms with E-state index in [1.54, 1.807) is 7.11 Å². The highest BCUT2D eigenvalue weighted by atomic mass is 16.5. The number of hydrogen-bond acceptors (Lipinski definition) is 4. The van der Waals surface area contributed by atoms with Gasteiger partial charge in [0.05, 0.1) is 31.8 Å². The minimum Gasteiger partial charge on any atom is -0.496 e. The highest BCUT2D eigenvalue weighted by molar-refractivity contribution is 5.70. The number of para-hydroxylation sites is 1. The Labute approximate surface area is 126 Å². The SMILES string of the molecule is COc1ccccc1[C@H]1CCC[C@@H](CC(=O)OC(C)C)O1. The molecule has 0 amide bonds. The third kappa shape index (κ3) is 4.46. The summed E-state index contributed by atoms with van der Waals surface area (Å²) in [6.07, 6.45) is 3.07. The first kappa shape index (κ1) is 15.8. The largest absolute Gasteiger partial charge is 0.496 e. The topological polar surface area (TPSA) is 44.8 Å². The van der Waals surface area contributed by atoms with E-state index in [9.17, 15) is 4.79 Å². The molecule has 0 saturated carbocycles. The summed E-state index contributed by atoms with van der Waals surface area (Å²) in [6.45, 7) is 3.72. The summed E-state index contributed by atoms with van der Waals surface area (Å²) in [4.78, 5) is 11.8. The molecule has 0 N–H and O–H groups in total. The number of carbonyl (C=O) groups is 1. The van der Waals surface area contributed by atoms with E-state index in [2.05, 4.69) is 0 Å². The van der Waals surface area contributed by atoms with Gasteiger partial charge in [-0.05, 0) is 39.2 Å². The van der Waals surface area contributed by atoms with Gasteiger partial charge in [-0.2, -0.15) is 0 Å². The van der Waals surface area contributed by atoms with E-state index < -0.39 is 0 Å². The number of rotatable bonds is 5. The van der Waals surface area contributed by atoms with Crippen molar-refractivity contribution in [2.24, 2.45) is 0 Å². The third-order valence-electron chi connectivity index (χ3n) is 3.60. The van der Waals surface area contributed by atoms with Crippen LogP contribution in [0.5, 0.6) is 5.75 Å². The standard InChI is InChI=1S/C17H24O4/c1-12(2)20-17(18)11-13-7-6-10-16(21-13)14-8-4-5-9-15(14)19-3/h4-5,8-9,12-13,16H,6-7,10-11H2,1-3H3/t13-,16+/m0/s1. The fourth-order valence-electron chi connectivity index (χ4n) is 2.71. The van der Waals surface area contributed by atoms with Crippen molar-refractivity contribution in [3.05, 3.63) is 29.8 Å². The van der Waals surface area contributed by atoms with Gasteiger partial charge in [0.15, 0.2) is 0 Å². The van der Waals surface area contributed by atoms with E-state index in [4.69, 9.17) is 14.2 Å². The second kappa shape index (κ2) is 7.46. The van der Waals surface area contributed by atoms with E-state index >= 15 is 0 Å². The molecule has 2 rings (SSSR count). The van der Waals surface area contributed by atoms with Crippen LogP contribution < -0.4 is 4.74 Å². The zero-order valence-corrected chi connectivity index (χ0v) is 13.0. The first-order valence-corrected chi connectivity index (χ1v) is 7.58. The number of benzene rings is 1. The maximum absolute atomic E-state index is 11.8. The molecule has 4 heteroatoms. The molecule has 0 spiro atoms. The van der Waals surface area contributed by atoms with Crippen molar-refractivity contribution < 1.29 is 19.0 Å². The second-order valence-electron chi connectivity index (χ2n) is 5.66. The average molecular weight is 292 g/mol. The van der Waals surface area contributed by atoms with E-state index in [-0.39, 0.29) is 24.3 Å². The molecule has 2 atom stereocenters. The molecule has 1 heterocycles. The molecular weight excluding hydrogens is 268 g/mol. The molecular formula is C17H24O4. The summed E-state index contributed by atoms with van der Waals surface area (Å²) in [5.74, 6) is 0.656. The predicted molar refractivity (Wildman–Crippen MR) is 80.3 cm³/mol. The van der Waals surface area contributed by atoms with Crippen LogP contribution in [0.4, 0.5) is 0 Å². The molecule has 21 heavy (non-hydrogen) atoms. The van der Waals surface area contributed by atoms with E-state index in [0.29, 0.717) is 6.42 Å². The van der Waals surface area contributed by atoms with Crippen LogP contribution in [0.15, 0.2) is 24.3 Å². The molecule has 0 radical (unpaired) electrons. The molecule has 1 fully saturated rings. The van der Waals surface area contributed by atoms with Crippen molar-refractivity contribution in [3.8, 4) is 5.75 Å². The van der Waals surface area contributed by atoms with Crippen LogP contribution in [0.3, 0.4) is 0 Å². The molecule has 1 aromatic carbocycles. The van der Waals surface area contributed by atoms with Crippen molar-refractivity contribution in [2.45, 2.75) is 57.8 Å². The first-order valence-electron chi connectivity index (χ1n) is 7.58. The number of carbonyl (C=O) groups excluding carboxylic acids is 1. The van der Waals surface area contributed by atoms with Crippen LogP contribution >= 0.6 is 0 Å². The molecule has 4 nitrogen and oxygen atoms in total. The van der Waals surface area contributed by atoms with E-state index in [0.717, 1.165) is 30.6 Å². The van der Waals surface area contributed by atoms with E-state index in [1.807, 2.05) is 38.1 Å². The van der Waals surface area contributed by atoms with Gasteiger partial charge in [-0.1, -0.05) is 18.2 Å². The van der Waals surface area contributed by atoms with Gasteiger partial charge in [0, 0.05) is 5.56 Å². The smallest absolute Gasteiger partial charge is 0.308 e. The Morgan fingerprint density at radius 2 is 2.10 bits per heavy atom. The molecule has 1 aliphatic heterocycles. The van der Waals surface area contributed by atoms with Gasteiger partial charge in [0.25, 0.3) is 0 Å². The van der Waals surface area contributed by atoms with Crippen molar-refractivity contribution >= 4 is 5.97 Å². The van der Waals surface area contributed by atoms with Crippen LogP contribution in [0.2, 0.25) is 0 Å². The van der Waals surface area contributed by atoms with Gasteiger partial charge in [-0.3, -0.25) is 4.79 Å². The quantitative estimate of drug-likeness (QED) is 0.777. The van der Waals surface area contributed by atoms with Crippen LogP contribution in [0.25, 0.3) is 0 Å². The Bertz CT molecular complexity index is 470. The highest BCUT2D eigenvalue weighted by Gasteiger charge is 2.27. The fourth-order valence-corrected chi connectivity index (χ4v) is 2.71. The zero-order valence-electron chi connectivity index (χ0n) is 13.0. The normalized spacial score (nSPS) is 22.1. The van der Waals surface area contributed by atoms with Crippen LogP contribution in [-0.4, -0.2) is 25.3 Å². The number of methoxy groups -OCH3 is 1. The summed E-state index contributed by atoms with van der Waals surface area (Å²) in [7, 11) is 1.67. The minimum atomic E-state index is -0.185. The van der Waals surface area contributed by atoms with Gasteiger partial charge in [-0.25, -0.2) is 0 Å². The monoisotopic (exact) mass is 292 g/mol. The molecule has 0 bridgehead atoms. The van der Waals surface area contributed by atoms with E-state index in [1.165, 1.54) is 0 Å². The summed E-state index contributed by atoms with van der Waals surface area (Å²) < 4.78 is 16.7. The maximum Gasteiger partial charge on any atom is 0.308 e. The predicted octanol–water partition coefficient (Wildman–Crippen LogP) is 3.65. The lowest BCUT2D eigenvalue weighted by molar-refractivity contribution is -0.153. The molecule has 0 unspecified atom stereocenters. The van der Waals surface area contributed by atoms with Crippen molar-refractivity contribution in [2.75, 3.05) is 7.11 Å². The lowest BCUT2D eigenvalue weighted by atomic mass is 9.96. The van der Waals surface area contributed by atoms with Crippen molar-refractivity contribution in [1.29, 1.82) is 0 Å². The van der Waals surface area contributed by atoms with Crippen molar-refractivity contribution in [1.82, 2.24) is 0 Å². The lowest BCUT2D eigenvalue weighted by Gasteiger charge is -2.30. The van der Waals surface area contributed by atoms with Gasteiger partial charge in [0.2, 0.25) is 0 Å². The number of hydrogen-bond donors (Lipinski definition) is 0. The number of ether oxygens (including phenoxy) is 3. The van der Waals surface area contributed by atoms with Crippen LogP contribution in [-0.2, 0) is 14.3 Å². The van der Waals surface area contributed by atoms with Gasteiger partial charge < -0.3 is 14.2 Å². The zero-order chi connectivity index (χ0) is 15.2. The fraction of sp³-hybridized carbons (Fsp3) is 0.588. The molecule has 0 aromatic heterocycles. The Balaban J connectivity index is 1.99. The average Bonchev–Trinajstić information content (AvgIpc) is 2.46. The van der Waals surface area contributed by atoms with Gasteiger partial charge >= 0.3 is 5.97 Å². The van der Waals surface area contributed by atoms with Crippen molar-refractivity contribution in [3.63, 3.8) is 0 Å². The lowest BCUT2D eigenvalue weighted by Crippen LogP contribution is -2.27. The molecule has 0 aliphatic carbocycles. The summed E-state index contributed by atoms with van der Waals surface area (Å²) in [5.41, 5.74) is 1.06. The van der Waals surface area contributed by atoms with Gasteiger partial charge in [0.1, 0.15) is 5.75 Å². The highest BCUT2D eigenvalue weighted by Crippen LogP contribution is 2.36. The molecule has 1 saturated heterocycles. The first-order chi connectivity index (χ1) is 10.1. The summed E-state index contributed by atoms with van der Waals surface area (Å²) in [6, 6.07) is 7.90. The number of esters is 1. The summed E-state index contributed by atoms with van der Waals surface area (Å²) in [5, 5.41) is 0. The minimum absolute atomic E-state index is 0.00764. The molecule has 1 aliphatic rings. The Hall–Kier alpha value is -1.55. The molecule has 116 valence electrons. The Morgan fingerprint density at radius 1 is 1.33 bits per heavy atom.